The van der Waals surface area contributed by atoms with Gasteiger partial charge in [-0.05, 0) is 31.2 Å². The molecule has 22 heavy (non-hydrogen) atoms. The molecule has 1 aromatic carbocycles. The van der Waals surface area contributed by atoms with Crippen molar-refractivity contribution in [1.29, 1.82) is 5.26 Å². The molecule has 0 spiro atoms. The number of rotatable bonds is 8. The predicted octanol–water partition coefficient (Wildman–Crippen LogP) is 0.792. The summed E-state index contributed by atoms with van der Waals surface area (Å²) in [6.45, 7) is 5.52. The highest BCUT2D eigenvalue weighted by atomic mass is 16.2. The lowest BCUT2D eigenvalue weighted by atomic mass is 10.2. The number of hydrogen-bond acceptors (Lipinski definition) is 3. The summed E-state index contributed by atoms with van der Waals surface area (Å²) in [6, 6.07) is 9.11. The minimum Gasteiger partial charge on any atom is -0.327 e. The van der Waals surface area contributed by atoms with Crippen LogP contribution >= 0.6 is 0 Å². The van der Waals surface area contributed by atoms with Gasteiger partial charge in [0.25, 0.3) is 5.91 Å². The van der Waals surface area contributed by atoms with Gasteiger partial charge in [0.2, 0.25) is 5.91 Å². The summed E-state index contributed by atoms with van der Waals surface area (Å²) in [4.78, 5) is 24.1. The highest BCUT2D eigenvalue weighted by molar-refractivity contribution is 5.92. The zero-order chi connectivity index (χ0) is 16.4. The molecule has 118 valence electrons. The Morgan fingerprint density at radius 2 is 1.77 bits per heavy atom. The first-order chi connectivity index (χ1) is 10.5. The van der Waals surface area contributed by atoms with Crippen LogP contribution in [0.3, 0.4) is 0 Å². The Morgan fingerprint density at radius 3 is 2.27 bits per heavy atom. The van der Waals surface area contributed by atoms with Crippen molar-refractivity contribution >= 4 is 23.2 Å². The standard InChI is InChI=1S/C16H22N4O2/c1-3-20(11-5-4-10-17)12-16(22)19-15-8-6-14(7-9-15)18-13(2)21/h6-9H,3-5,11-12H2,1-2H3,(H,18,21)(H,19,22)/p+1. The molecule has 6 heteroatoms. The number of benzene rings is 1. The van der Waals surface area contributed by atoms with E-state index in [2.05, 4.69) is 16.7 Å². The van der Waals surface area contributed by atoms with Crippen LogP contribution in [0.25, 0.3) is 0 Å². The number of nitriles is 1. The summed E-state index contributed by atoms with van der Waals surface area (Å²) in [6.07, 6.45) is 1.33. The van der Waals surface area contributed by atoms with Crippen LogP contribution in [-0.2, 0) is 9.59 Å². The van der Waals surface area contributed by atoms with E-state index in [1.807, 2.05) is 6.92 Å². The van der Waals surface area contributed by atoms with Crippen LogP contribution in [0.1, 0.15) is 26.7 Å². The van der Waals surface area contributed by atoms with Crippen LogP contribution in [0.15, 0.2) is 24.3 Å². The van der Waals surface area contributed by atoms with Gasteiger partial charge in [-0.3, -0.25) is 9.59 Å². The third-order valence-electron chi connectivity index (χ3n) is 3.22. The molecule has 0 heterocycles. The molecule has 1 atom stereocenters. The van der Waals surface area contributed by atoms with Gasteiger partial charge < -0.3 is 15.5 Å². The van der Waals surface area contributed by atoms with Crippen LogP contribution in [0.5, 0.6) is 0 Å². The van der Waals surface area contributed by atoms with Crippen LogP contribution in [-0.4, -0.2) is 31.4 Å². The van der Waals surface area contributed by atoms with E-state index in [0.717, 1.165) is 24.4 Å². The second kappa shape index (κ2) is 9.53. The molecule has 0 aliphatic carbocycles. The van der Waals surface area contributed by atoms with E-state index in [1.165, 1.54) is 6.92 Å². The van der Waals surface area contributed by atoms with Crippen molar-refractivity contribution in [3.63, 3.8) is 0 Å². The van der Waals surface area contributed by atoms with E-state index in [0.29, 0.717) is 24.3 Å². The molecule has 1 rings (SSSR count). The van der Waals surface area contributed by atoms with E-state index in [9.17, 15) is 9.59 Å². The van der Waals surface area contributed by atoms with Crippen molar-refractivity contribution in [3.05, 3.63) is 24.3 Å². The summed E-state index contributed by atoms with van der Waals surface area (Å²) in [5.74, 6) is -0.183. The molecule has 6 nitrogen and oxygen atoms in total. The molecule has 2 amide bonds. The number of nitrogens with one attached hydrogen (secondary N) is 3. The van der Waals surface area contributed by atoms with E-state index >= 15 is 0 Å². The monoisotopic (exact) mass is 303 g/mol. The van der Waals surface area contributed by atoms with Gasteiger partial charge in [0.15, 0.2) is 6.54 Å². The third-order valence-corrected chi connectivity index (χ3v) is 3.22. The molecule has 1 aromatic rings. The van der Waals surface area contributed by atoms with Crippen LogP contribution in [0.2, 0.25) is 0 Å². The Balaban J connectivity index is 2.46. The maximum absolute atomic E-state index is 12.0. The summed E-state index contributed by atoms with van der Waals surface area (Å²) in [5, 5.41) is 14.1. The number of likely N-dealkylation sites (N-methyl/N-ethyl adjacent to an activating group) is 1. The van der Waals surface area contributed by atoms with Gasteiger partial charge in [-0.25, -0.2) is 0 Å². The van der Waals surface area contributed by atoms with Gasteiger partial charge in [0, 0.05) is 31.1 Å². The maximum atomic E-state index is 12.0. The van der Waals surface area contributed by atoms with Gasteiger partial charge >= 0.3 is 0 Å². The SMILES string of the molecule is CC[NH+](CCCC#N)CC(=O)Nc1ccc(NC(C)=O)cc1. The summed E-state index contributed by atoms with van der Waals surface area (Å²) in [5.41, 5.74) is 1.40. The first-order valence-electron chi connectivity index (χ1n) is 7.43. The first kappa shape index (κ1) is 17.7. The molecule has 0 saturated heterocycles. The largest absolute Gasteiger partial charge is 0.327 e. The van der Waals surface area contributed by atoms with Gasteiger partial charge in [0.05, 0.1) is 19.2 Å². The molecule has 0 aliphatic rings. The fourth-order valence-corrected chi connectivity index (χ4v) is 2.08. The summed E-state index contributed by atoms with van der Waals surface area (Å²) < 4.78 is 0. The highest BCUT2D eigenvalue weighted by Crippen LogP contribution is 2.13. The van der Waals surface area contributed by atoms with Crippen molar-refractivity contribution in [2.45, 2.75) is 26.7 Å². The average molecular weight is 303 g/mol. The molecule has 3 N–H and O–H groups in total. The molecular weight excluding hydrogens is 280 g/mol. The molecule has 0 saturated carbocycles. The first-order valence-corrected chi connectivity index (χ1v) is 7.43. The number of hydrogen-bond donors (Lipinski definition) is 3. The molecule has 0 bridgehead atoms. The van der Waals surface area contributed by atoms with E-state index in [1.54, 1.807) is 24.3 Å². The van der Waals surface area contributed by atoms with Crippen molar-refractivity contribution in [2.75, 3.05) is 30.3 Å². The summed E-state index contributed by atoms with van der Waals surface area (Å²) in [7, 11) is 0. The van der Waals surface area contributed by atoms with Crippen LogP contribution < -0.4 is 15.5 Å². The van der Waals surface area contributed by atoms with Crippen molar-refractivity contribution in [2.24, 2.45) is 0 Å². The van der Waals surface area contributed by atoms with Crippen molar-refractivity contribution in [3.8, 4) is 6.07 Å². The Kier molecular flexibility index (Phi) is 7.65. The lowest BCUT2D eigenvalue weighted by Crippen LogP contribution is -3.12. The highest BCUT2D eigenvalue weighted by Gasteiger charge is 2.12. The Hall–Kier alpha value is -2.39. The quantitative estimate of drug-likeness (QED) is 0.621. The number of anilines is 2. The smallest absolute Gasteiger partial charge is 0.279 e. The minimum absolute atomic E-state index is 0.0546. The fraction of sp³-hybridized carbons (Fsp3) is 0.438. The van der Waals surface area contributed by atoms with Crippen LogP contribution in [0, 0.1) is 11.3 Å². The predicted molar refractivity (Wildman–Crippen MR) is 85.5 cm³/mol. The molecule has 1 unspecified atom stereocenters. The number of carbonyl (C=O) groups excluding carboxylic acids is 2. The van der Waals surface area contributed by atoms with Gasteiger partial charge in [-0.15, -0.1) is 0 Å². The Labute approximate surface area is 131 Å². The normalized spacial score (nSPS) is 11.3. The van der Waals surface area contributed by atoms with Crippen molar-refractivity contribution in [1.82, 2.24) is 0 Å². The van der Waals surface area contributed by atoms with Gasteiger partial charge in [-0.2, -0.15) is 5.26 Å². The maximum Gasteiger partial charge on any atom is 0.279 e. The molecule has 0 radical (unpaired) electrons. The number of quaternary nitrogens is 1. The zero-order valence-electron chi connectivity index (χ0n) is 13.1. The Bertz CT molecular complexity index is 534. The molecule has 0 fully saturated rings. The second-order valence-electron chi connectivity index (χ2n) is 5.10. The topological polar surface area (TPSA) is 86.4 Å². The minimum atomic E-state index is -0.128. The van der Waals surface area contributed by atoms with Gasteiger partial charge in [0.1, 0.15) is 0 Å². The number of carbonyl (C=O) groups is 2. The average Bonchev–Trinajstić information content (AvgIpc) is 2.48. The lowest BCUT2D eigenvalue weighted by molar-refractivity contribution is -0.890. The van der Waals surface area contributed by atoms with E-state index in [4.69, 9.17) is 5.26 Å². The lowest BCUT2D eigenvalue weighted by Gasteiger charge is -2.16. The van der Waals surface area contributed by atoms with Gasteiger partial charge in [-0.1, -0.05) is 0 Å². The second-order valence-corrected chi connectivity index (χ2v) is 5.10. The third kappa shape index (κ3) is 6.86. The fourth-order valence-electron chi connectivity index (χ4n) is 2.08. The van der Waals surface area contributed by atoms with Crippen LogP contribution in [0.4, 0.5) is 11.4 Å². The van der Waals surface area contributed by atoms with Crippen molar-refractivity contribution < 1.29 is 14.5 Å². The molecular formula is C16H23N4O2+. The number of unbranched alkanes of at least 4 members (excludes halogenated alkanes) is 1. The molecule has 0 aliphatic heterocycles. The zero-order valence-corrected chi connectivity index (χ0v) is 13.1. The number of amides is 2. The summed E-state index contributed by atoms with van der Waals surface area (Å²) >= 11 is 0. The van der Waals surface area contributed by atoms with E-state index in [-0.39, 0.29) is 11.8 Å². The molecule has 0 aromatic heterocycles. The number of nitrogens with zero attached hydrogens (tertiary/aromatic N) is 1. The van der Waals surface area contributed by atoms with E-state index < -0.39 is 0 Å². The Morgan fingerprint density at radius 1 is 1.18 bits per heavy atom.